The van der Waals surface area contributed by atoms with Gasteiger partial charge in [-0.15, -0.1) is 5.10 Å². The van der Waals surface area contributed by atoms with Crippen LogP contribution in [0.15, 0.2) is 12.4 Å². The van der Waals surface area contributed by atoms with Gasteiger partial charge in [0.2, 0.25) is 11.7 Å². The van der Waals surface area contributed by atoms with E-state index < -0.39 is 17.9 Å². The van der Waals surface area contributed by atoms with Gasteiger partial charge in [-0.05, 0) is 31.6 Å². The standard InChI is InChI=1S/C20H25F2N7O2/c1-27-16-8-15(13-2-3-13)25-29(16)7-5-14(19(27)31)24-18(30)17-23-11-28(26-17)10-12-4-6-20(21,22)9-12/h8,11-14H,2-7,9-10H2,1H3,(H,24,30)/t12?,14-/m0/s1. The van der Waals surface area contributed by atoms with E-state index in [0.717, 1.165) is 24.4 Å². The molecule has 3 heterocycles. The van der Waals surface area contributed by atoms with Gasteiger partial charge in [-0.3, -0.25) is 19.2 Å². The van der Waals surface area contributed by atoms with Gasteiger partial charge < -0.3 is 5.32 Å². The summed E-state index contributed by atoms with van der Waals surface area (Å²) in [6.07, 6.45) is 4.19. The highest BCUT2D eigenvalue weighted by Crippen LogP contribution is 2.41. The van der Waals surface area contributed by atoms with E-state index >= 15 is 0 Å². The van der Waals surface area contributed by atoms with Gasteiger partial charge in [-0.2, -0.15) is 5.10 Å². The molecule has 2 fully saturated rings. The predicted molar refractivity (Wildman–Crippen MR) is 106 cm³/mol. The Kier molecular flexibility index (Phi) is 4.78. The Labute approximate surface area is 177 Å². The summed E-state index contributed by atoms with van der Waals surface area (Å²) in [5.41, 5.74) is 1.02. The van der Waals surface area contributed by atoms with Gasteiger partial charge >= 0.3 is 0 Å². The van der Waals surface area contributed by atoms with Crippen LogP contribution >= 0.6 is 0 Å². The third kappa shape index (κ3) is 4.05. The number of likely N-dealkylation sites (N-methyl/N-ethyl adjacent to an activating group) is 1. The Hall–Kier alpha value is -2.85. The average Bonchev–Trinajstić information content (AvgIpc) is 3.19. The number of anilines is 1. The number of halogens is 2. The third-order valence-corrected chi connectivity index (χ3v) is 6.37. The summed E-state index contributed by atoms with van der Waals surface area (Å²) in [5.74, 6) is -2.42. The van der Waals surface area contributed by atoms with Crippen molar-refractivity contribution < 1.29 is 18.4 Å². The summed E-state index contributed by atoms with van der Waals surface area (Å²) >= 11 is 0. The maximum Gasteiger partial charge on any atom is 0.291 e. The molecule has 31 heavy (non-hydrogen) atoms. The number of carbonyl (C=O) groups excluding carboxylic acids is 2. The van der Waals surface area contributed by atoms with Crippen LogP contribution in [0.4, 0.5) is 14.6 Å². The van der Waals surface area contributed by atoms with Crippen molar-refractivity contribution in [3.8, 4) is 0 Å². The largest absolute Gasteiger partial charge is 0.337 e. The van der Waals surface area contributed by atoms with E-state index in [-0.39, 0.29) is 30.5 Å². The zero-order chi connectivity index (χ0) is 21.8. The maximum absolute atomic E-state index is 13.4. The van der Waals surface area contributed by atoms with Crippen LogP contribution in [0.25, 0.3) is 0 Å². The minimum atomic E-state index is -2.62. The molecular formula is C20H25F2N7O2. The molecule has 0 radical (unpaired) electrons. The van der Waals surface area contributed by atoms with Crippen LogP contribution in [0.3, 0.4) is 0 Å². The maximum atomic E-state index is 13.4. The molecule has 166 valence electrons. The lowest BCUT2D eigenvalue weighted by molar-refractivity contribution is -0.120. The van der Waals surface area contributed by atoms with Crippen LogP contribution in [-0.2, 0) is 17.9 Å². The van der Waals surface area contributed by atoms with E-state index in [0.29, 0.717) is 31.8 Å². The Bertz CT molecular complexity index is 1010. The van der Waals surface area contributed by atoms with E-state index in [1.54, 1.807) is 7.05 Å². The summed E-state index contributed by atoms with van der Waals surface area (Å²) in [5, 5.41) is 11.5. The molecule has 2 amide bonds. The number of alkyl halides is 2. The fraction of sp³-hybridized carbons (Fsp3) is 0.650. The van der Waals surface area contributed by atoms with Gasteiger partial charge in [0, 0.05) is 45.0 Å². The number of amides is 2. The number of fused-ring (bicyclic) bond motifs is 1. The molecule has 2 saturated carbocycles. The minimum absolute atomic E-state index is 0.0711. The first-order chi connectivity index (χ1) is 14.8. The van der Waals surface area contributed by atoms with Crippen LogP contribution in [0.2, 0.25) is 0 Å². The van der Waals surface area contributed by atoms with E-state index in [2.05, 4.69) is 20.5 Å². The van der Waals surface area contributed by atoms with Crippen LogP contribution in [0, 0.1) is 5.92 Å². The molecule has 9 nitrogen and oxygen atoms in total. The minimum Gasteiger partial charge on any atom is -0.337 e. The number of nitrogens with zero attached hydrogens (tertiary/aromatic N) is 6. The third-order valence-electron chi connectivity index (χ3n) is 6.37. The molecule has 5 rings (SSSR count). The number of hydrogen-bond donors (Lipinski definition) is 1. The fourth-order valence-electron chi connectivity index (χ4n) is 4.47. The highest BCUT2D eigenvalue weighted by Gasteiger charge is 2.39. The Morgan fingerprint density at radius 2 is 2.06 bits per heavy atom. The van der Waals surface area contributed by atoms with E-state index in [1.807, 2.05) is 10.7 Å². The molecule has 0 saturated heterocycles. The molecule has 11 heteroatoms. The summed E-state index contributed by atoms with van der Waals surface area (Å²) in [4.78, 5) is 31.1. The molecule has 2 atom stereocenters. The molecule has 2 aromatic heterocycles. The van der Waals surface area contributed by atoms with Crippen LogP contribution in [0.5, 0.6) is 0 Å². The monoisotopic (exact) mass is 433 g/mol. The summed E-state index contributed by atoms with van der Waals surface area (Å²) < 4.78 is 30.0. The molecule has 1 unspecified atom stereocenters. The van der Waals surface area contributed by atoms with Gasteiger partial charge in [0.15, 0.2) is 0 Å². The van der Waals surface area contributed by atoms with Crippen molar-refractivity contribution >= 4 is 17.6 Å². The lowest BCUT2D eigenvalue weighted by Gasteiger charge is -2.19. The average molecular weight is 433 g/mol. The van der Waals surface area contributed by atoms with Gasteiger partial charge in [0.05, 0.1) is 5.69 Å². The van der Waals surface area contributed by atoms with Gasteiger partial charge in [0.25, 0.3) is 11.8 Å². The SMILES string of the molecule is CN1C(=O)[C@@H](NC(=O)c2ncn(CC3CCC(F)(F)C3)n2)CCn2nc(C3CC3)cc21. The van der Waals surface area contributed by atoms with Crippen molar-refractivity contribution in [1.29, 1.82) is 0 Å². The number of aryl methyl sites for hydroxylation is 1. The second-order valence-corrected chi connectivity index (χ2v) is 8.89. The zero-order valence-corrected chi connectivity index (χ0v) is 17.3. The number of aromatic nitrogens is 5. The van der Waals surface area contributed by atoms with E-state index in [4.69, 9.17) is 0 Å². The molecule has 1 aliphatic heterocycles. The molecule has 0 bridgehead atoms. The Balaban J connectivity index is 1.22. The topological polar surface area (TPSA) is 97.9 Å². The fourth-order valence-corrected chi connectivity index (χ4v) is 4.47. The van der Waals surface area contributed by atoms with Crippen molar-refractivity contribution in [1.82, 2.24) is 29.9 Å². The summed E-state index contributed by atoms with van der Waals surface area (Å²) in [6.45, 7) is 0.812. The van der Waals surface area contributed by atoms with Gasteiger partial charge in [-0.25, -0.2) is 18.4 Å². The molecule has 0 spiro atoms. The number of rotatable bonds is 5. The van der Waals surface area contributed by atoms with Crippen molar-refractivity contribution in [2.45, 2.75) is 69.5 Å². The lowest BCUT2D eigenvalue weighted by Crippen LogP contribution is -2.47. The van der Waals surface area contributed by atoms with Crippen molar-refractivity contribution in [2.75, 3.05) is 11.9 Å². The first-order valence-corrected chi connectivity index (χ1v) is 10.7. The molecule has 0 aromatic carbocycles. The van der Waals surface area contributed by atoms with Crippen molar-refractivity contribution in [3.05, 3.63) is 23.9 Å². The second-order valence-electron chi connectivity index (χ2n) is 8.89. The van der Waals surface area contributed by atoms with Gasteiger partial charge in [0.1, 0.15) is 18.2 Å². The van der Waals surface area contributed by atoms with Crippen molar-refractivity contribution in [3.63, 3.8) is 0 Å². The number of carbonyl (C=O) groups is 2. The highest BCUT2D eigenvalue weighted by atomic mass is 19.3. The molecular weight excluding hydrogens is 408 g/mol. The number of hydrogen-bond acceptors (Lipinski definition) is 5. The first-order valence-electron chi connectivity index (χ1n) is 10.7. The quantitative estimate of drug-likeness (QED) is 0.777. The second kappa shape index (κ2) is 7.38. The summed E-state index contributed by atoms with van der Waals surface area (Å²) in [7, 11) is 1.68. The Morgan fingerprint density at radius 3 is 2.77 bits per heavy atom. The highest BCUT2D eigenvalue weighted by molar-refractivity contribution is 6.00. The molecule has 1 N–H and O–H groups in total. The summed E-state index contributed by atoms with van der Waals surface area (Å²) in [6, 6.07) is 1.24. The van der Waals surface area contributed by atoms with Crippen LogP contribution < -0.4 is 10.2 Å². The van der Waals surface area contributed by atoms with Gasteiger partial charge in [-0.1, -0.05) is 0 Å². The first kappa shape index (κ1) is 20.1. The molecule has 3 aliphatic rings. The molecule has 2 aliphatic carbocycles. The van der Waals surface area contributed by atoms with Crippen LogP contribution in [0.1, 0.15) is 60.8 Å². The Morgan fingerprint density at radius 1 is 1.26 bits per heavy atom. The predicted octanol–water partition coefficient (Wildman–Crippen LogP) is 1.95. The van der Waals surface area contributed by atoms with E-state index in [9.17, 15) is 18.4 Å². The van der Waals surface area contributed by atoms with E-state index in [1.165, 1.54) is 15.9 Å². The van der Waals surface area contributed by atoms with Crippen LogP contribution in [-0.4, -0.2) is 55.4 Å². The van der Waals surface area contributed by atoms with Crippen molar-refractivity contribution in [2.24, 2.45) is 5.92 Å². The zero-order valence-electron chi connectivity index (χ0n) is 17.3. The lowest BCUT2D eigenvalue weighted by atomic mass is 10.1. The smallest absolute Gasteiger partial charge is 0.291 e. The number of nitrogens with one attached hydrogen (secondary N) is 1. The molecule has 2 aromatic rings. The normalized spacial score (nSPS) is 25.4.